The van der Waals surface area contributed by atoms with Crippen LogP contribution in [-0.2, 0) is 0 Å². The third-order valence-electron chi connectivity index (χ3n) is 4.50. The molecule has 1 atom stereocenters. The molecule has 1 heterocycles. The monoisotopic (exact) mass is 268 g/mol. The van der Waals surface area contributed by atoms with Gasteiger partial charge in [0.25, 0.3) is 0 Å². The molecule has 0 aromatic carbocycles. The summed E-state index contributed by atoms with van der Waals surface area (Å²) in [5, 5.41) is 3.68. The molecule has 114 valence electrons. The molecule has 19 heavy (non-hydrogen) atoms. The zero-order valence-electron chi connectivity index (χ0n) is 13.8. The highest BCUT2D eigenvalue weighted by Crippen LogP contribution is 2.21. The van der Waals surface area contributed by atoms with E-state index >= 15 is 0 Å². The molecule has 0 saturated carbocycles. The second-order valence-electron chi connectivity index (χ2n) is 6.90. The Morgan fingerprint density at radius 1 is 1.11 bits per heavy atom. The number of hydrogen-bond acceptors (Lipinski definition) is 2. The molecule has 2 nitrogen and oxygen atoms in total. The molecule has 1 fully saturated rings. The highest BCUT2D eigenvalue weighted by molar-refractivity contribution is 4.73. The van der Waals surface area contributed by atoms with Gasteiger partial charge in [0, 0.05) is 19.1 Å². The Morgan fingerprint density at radius 2 is 1.79 bits per heavy atom. The molecule has 0 aliphatic carbocycles. The van der Waals surface area contributed by atoms with Crippen molar-refractivity contribution in [2.45, 2.75) is 72.3 Å². The predicted molar refractivity (Wildman–Crippen MR) is 85.6 cm³/mol. The summed E-state index contributed by atoms with van der Waals surface area (Å²) < 4.78 is 0. The highest BCUT2D eigenvalue weighted by Gasteiger charge is 2.17. The Balaban J connectivity index is 2.01. The molecule has 0 aromatic heterocycles. The largest absolute Gasteiger partial charge is 0.313 e. The van der Waals surface area contributed by atoms with Crippen molar-refractivity contribution in [1.82, 2.24) is 10.2 Å². The number of piperidine rings is 1. The smallest absolute Gasteiger partial charge is 0.0107 e. The van der Waals surface area contributed by atoms with E-state index in [0.717, 1.165) is 18.4 Å². The van der Waals surface area contributed by atoms with Crippen LogP contribution in [0.1, 0.15) is 66.2 Å². The first kappa shape index (κ1) is 17.0. The number of hydrogen-bond donors (Lipinski definition) is 1. The lowest BCUT2D eigenvalue weighted by Gasteiger charge is -2.32. The van der Waals surface area contributed by atoms with E-state index in [1.807, 2.05) is 0 Å². The van der Waals surface area contributed by atoms with Gasteiger partial charge >= 0.3 is 0 Å². The van der Waals surface area contributed by atoms with Crippen molar-refractivity contribution in [2.24, 2.45) is 11.8 Å². The van der Waals surface area contributed by atoms with Crippen molar-refractivity contribution >= 4 is 0 Å². The highest BCUT2D eigenvalue weighted by atomic mass is 15.1. The fourth-order valence-electron chi connectivity index (χ4n) is 3.06. The minimum Gasteiger partial charge on any atom is -0.313 e. The minimum absolute atomic E-state index is 0.681. The van der Waals surface area contributed by atoms with Crippen LogP contribution >= 0.6 is 0 Å². The van der Waals surface area contributed by atoms with Crippen LogP contribution in [0.4, 0.5) is 0 Å². The maximum Gasteiger partial charge on any atom is 0.0107 e. The van der Waals surface area contributed by atoms with E-state index in [1.54, 1.807) is 0 Å². The third-order valence-corrected chi connectivity index (χ3v) is 4.50. The normalized spacial score (nSPS) is 20.1. The molecule has 0 aromatic rings. The molecule has 2 heteroatoms. The van der Waals surface area contributed by atoms with E-state index in [1.165, 1.54) is 58.2 Å². The summed E-state index contributed by atoms with van der Waals surface area (Å²) in [7, 11) is 0. The summed E-state index contributed by atoms with van der Waals surface area (Å²) in [6.45, 7) is 14.3. The molecular formula is C17H36N2. The van der Waals surface area contributed by atoms with Crippen molar-refractivity contribution in [3.8, 4) is 0 Å². The molecule has 1 saturated heterocycles. The first-order valence-electron chi connectivity index (χ1n) is 8.57. The van der Waals surface area contributed by atoms with E-state index in [-0.39, 0.29) is 0 Å². The average Bonchev–Trinajstić information content (AvgIpc) is 2.39. The molecule has 1 aliphatic heterocycles. The first-order chi connectivity index (χ1) is 9.11. The summed E-state index contributed by atoms with van der Waals surface area (Å²) in [5.74, 6) is 1.85. The zero-order valence-corrected chi connectivity index (χ0v) is 13.8. The van der Waals surface area contributed by atoms with Gasteiger partial charge in [0.15, 0.2) is 0 Å². The molecule has 0 radical (unpaired) electrons. The number of likely N-dealkylation sites (tertiary alicyclic amines) is 1. The van der Waals surface area contributed by atoms with Gasteiger partial charge in [0.2, 0.25) is 0 Å². The van der Waals surface area contributed by atoms with Gasteiger partial charge in [-0.25, -0.2) is 0 Å². The summed E-state index contributed by atoms with van der Waals surface area (Å²) in [5.41, 5.74) is 0. The quantitative estimate of drug-likeness (QED) is 0.682. The topological polar surface area (TPSA) is 15.3 Å². The van der Waals surface area contributed by atoms with Crippen molar-refractivity contribution in [1.29, 1.82) is 0 Å². The van der Waals surface area contributed by atoms with Crippen LogP contribution in [0.25, 0.3) is 0 Å². The standard InChI is InChI=1S/C17H36N2/c1-5-6-17-9-12-19(13-10-17)14-11-18-16(4)8-7-15(2)3/h15-18H,5-14H2,1-4H3. The van der Waals surface area contributed by atoms with Crippen molar-refractivity contribution in [2.75, 3.05) is 26.2 Å². The SMILES string of the molecule is CCCC1CCN(CCNC(C)CCC(C)C)CC1. The number of rotatable bonds is 9. The van der Waals surface area contributed by atoms with Crippen molar-refractivity contribution in [3.63, 3.8) is 0 Å². The number of nitrogens with one attached hydrogen (secondary N) is 1. The third kappa shape index (κ3) is 7.94. The van der Waals surface area contributed by atoms with E-state index < -0.39 is 0 Å². The van der Waals surface area contributed by atoms with Crippen molar-refractivity contribution in [3.05, 3.63) is 0 Å². The second kappa shape index (κ2) is 9.77. The van der Waals surface area contributed by atoms with E-state index in [4.69, 9.17) is 0 Å². The van der Waals surface area contributed by atoms with Gasteiger partial charge in [-0.1, -0.05) is 33.6 Å². The summed E-state index contributed by atoms with van der Waals surface area (Å²) in [4.78, 5) is 2.65. The maximum atomic E-state index is 3.68. The Labute approximate surface area is 121 Å². The minimum atomic E-state index is 0.681. The van der Waals surface area contributed by atoms with Crippen LogP contribution in [0, 0.1) is 11.8 Å². The van der Waals surface area contributed by atoms with Crippen LogP contribution in [0.5, 0.6) is 0 Å². The Kier molecular flexibility index (Phi) is 8.72. The van der Waals surface area contributed by atoms with Gasteiger partial charge in [-0.3, -0.25) is 0 Å². The molecule has 1 N–H and O–H groups in total. The molecular weight excluding hydrogens is 232 g/mol. The molecule has 1 unspecified atom stereocenters. The Morgan fingerprint density at radius 3 is 2.37 bits per heavy atom. The fraction of sp³-hybridized carbons (Fsp3) is 1.00. The predicted octanol–water partition coefficient (Wildman–Crippen LogP) is 3.91. The second-order valence-corrected chi connectivity index (χ2v) is 6.90. The lowest BCUT2D eigenvalue weighted by molar-refractivity contribution is 0.177. The molecule has 0 spiro atoms. The van der Waals surface area contributed by atoms with Crippen LogP contribution in [0.15, 0.2) is 0 Å². The maximum absolute atomic E-state index is 3.68. The van der Waals surface area contributed by atoms with E-state index in [9.17, 15) is 0 Å². The summed E-state index contributed by atoms with van der Waals surface area (Å²) in [6.07, 6.45) is 8.32. The average molecular weight is 268 g/mol. The molecule has 0 bridgehead atoms. The van der Waals surface area contributed by atoms with Gasteiger partial charge in [-0.05, 0) is 57.5 Å². The Bertz CT molecular complexity index is 207. The van der Waals surface area contributed by atoms with E-state index in [2.05, 4.69) is 37.9 Å². The number of nitrogens with zero attached hydrogens (tertiary/aromatic N) is 1. The van der Waals surface area contributed by atoms with Gasteiger partial charge in [-0.15, -0.1) is 0 Å². The van der Waals surface area contributed by atoms with Crippen LogP contribution in [-0.4, -0.2) is 37.1 Å². The van der Waals surface area contributed by atoms with Crippen LogP contribution in [0.2, 0.25) is 0 Å². The molecule has 0 amide bonds. The fourth-order valence-corrected chi connectivity index (χ4v) is 3.06. The first-order valence-corrected chi connectivity index (χ1v) is 8.57. The summed E-state index contributed by atoms with van der Waals surface area (Å²) >= 11 is 0. The van der Waals surface area contributed by atoms with Crippen LogP contribution < -0.4 is 5.32 Å². The van der Waals surface area contributed by atoms with Crippen LogP contribution in [0.3, 0.4) is 0 Å². The van der Waals surface area contributed by atoms with Crippen molar-refractivity contribution < 1.29 is 0 Å². The summed E-state index contributed by atoms with van der Waals surface area (Å²) in [6, 6.07) is 0.681. The lowest BCUT2D eigenvalue weighted by Crippen LogP contribution is -2.40. The van der Waals surface area contributed by atoms with Gasteiger partial charge < -0.3 is 10.2 Å². The zero-order chi connectivity index (χ0) is 14.1. The van der Waals surface area contributed by atoms with Gasteiger partial charge in [-0.2, -0.15) is 0 Å². The van der Waals surface area contributed by atoms with Gasteiger partial charge in [0.1, 0.15) is 0 Å². The van der Waals surface area contributed by atoms with E-state index in [0.29, 0.717) is 6.04 Å². The van der Waals surface area contributed by atoms with Gasteiger partial charge in [0.05, 0.1) is 0 Å². The Hall–Kier alpha value is -0.0800. The molecule has 1 aliphatic rings. The lowest BCUT2D eigenvalue weighted by atomic mass is 9.92. The molecule has 1 rings (SSSR count).